The molecule has 4 heteroatoms. The molecule has 1 heterocycles. The van der Waals surface area contributed by atoms with Gasteiger partial charge in [-0.1, -0.05) is 34.1 Å². The largest absolute Gasteiger partial charge is 0.314 e. The highest BCUT2D eigenvalue weighted by Gasteiger charge is 2.04. The van der Waals surface area contributed by atoms with Crippen molar-refractivity contribution >= 4 is 15.9 Å². The zero-order valence-electron chi connectivity index (χ0n) is 9.15. The highest BCUT2D eigenvalue weighted by Crippen LogP contribution is 2.17. The van der Waals surface area contributed by atoms with Crippen molar-refractivity contribution in [3.63, 3.8) is 0 Å². The lowest BCUT2D eigenvalue weighted by Gasteiger charge is -2.08. The Hall–Kier alpha value is -1.13. The van der Waals surface area contributed by atoms with E-state index in [-0.39, 0.29) is 0 Å². The van der Waals surface area contributed by atoms with Gasteiger partial charge in [-0.3, -0.25) is 4.68 Å². The molecule has 0 unspecified atom stereocenters. The lowest BCUT2D eigenvalue weighted by atomic mass is 10.2. The summed E-state index contributed by atoms with van der Waals surface area (Å²) in [5, 5.41) is 7.47. The van der Waals surface area contributed by atoms with Crippen LogP contribution < -0.4 is 5.32 Å². The van der Waals surface area contributed by atoms with Crippen molar-refractivity contribution in [2.24, 2.45) is 0 Å². The van der Waals surface area contributed by atoms with Crippen LogP contribution in [0.2, 0.25) is 0 Å². The Balaban J connectivity index is 2.20. The molecule has 16 heavy (non-hydrogen) atoms. The Labute approximate surface area is 104 Å². The van der Waals surface area contributed by atoms with Crippen molar-refractivity contribution < 1.29 is 0 Å². The van der Waals surface area contributed by atoms with Crippen molar-refractivity contribution in [3.05, 3.63) is 52.3 Å². The van der Waals surface area contributed by atoms with Gasteiger partial charge < -0.3 is 5.32 Å². The summed E-state index contributed by atoms with van der Waals surface area (Å²) in [6.45, 7) is 1.63. The third-order valence-corrected chi connectivity index (χ3v) is 3.21. The number of hydrogen-bond donors (Lipinski definition) is 1. The van der Waals surface area contributed by atoms with Gasteiger partial charge in [0.15, 0.2) is 0 Å². The highest BCUT2D eigenvalue weighted by atomic mass is 79.9. The molecule has 1 N–H and O–H groups in total. The summed E-state index contributed by atoms with van der Waals surface area (Å²) in [5.74, 6) is 0. The third kappa shape index (κ3) is 2.51. The Bertz CT molecular complexity index is 465. The normalized spacial score (nSPS) is 10.6. The van der Waals surface area contributed by atoms with E-state index in [0.29, 0.717) is 0 Å². The average molecular weight is 280 g/mol. The second kappa shape index (κ2) is 5.27. The standard InChI is InChI=1S/C12H14BrN3/c1-14-8-11-6-7-15-16(11)9-10-4-2-3-5-12(10)13/h2-7,14H,8-9H2,1H3. The number of aromatic nitrogens is 2. The van der Waals surface area contributed by atoms with Crippen molar-refractivity contribution in [1.29, 1.82) is 0 Å². The molecule has 0 saturated carbocycles. The molecule has 84 valence electrons. The molecular formula is C12H14BrN3. The lowest BCUT2D eigenvalue weighted by molar-refractivity contribution is 0.621. The number of rotatable bonds is 4. The van der Waals surface area contributed by atoms with Crippen LogP contribution in [-0.2, 0) is 13.1 Å². The van der Waals surface area contributed by atoms with Gasteiger partial charge in [0.05, 0.1) is 12.2 Å². The molecular weight excluding hydrogens is 266 g/mol. The molecule has 2 rings (SSSR count). The van der Waals surface area contributed by atoms with E-state index >= 15 is 0 Å². The van der Waals surface area contributed by atoms with E-state index < -0.39 is 0 Å². The minimum atomic E-state index is 0.797. The van der Waals surface area contributed by atoms with Gasteiger partial charge in [-0.15, -0.1) is 0 Å². The molecule has 2 aromatic rings. The predicted molar refractivity (Wildman–Crippen MR) is 68.2 cm³/mol. The molecule has 0 saturated heterocycles. The second-order valence-corrected chi connectivity index (χ2v) is 4.46. The minimum Gasteiger partial charge on any atom is -0.314 e. The maximum absolute atomic E-state index is 4.33. The molecule has 0 amide bonds. The van der Waals surface area contributed by atoms with E-state index in [0.717, 1.165) is 17.6 Å². The van der Waals surface area contributed by atoms with Crippen molar-refractivity contribution in [2.75, 3.05) is 7.05 Å². The molecule has 1 aromatic carbocycles. The first-order chi connectivity index (χ1) is 7.81. The van der Waals surface area contributed by atoms with E-state index in [2.05, 4.69) is 38.5 Å². The molecule has 0 spiro atoms. The smallest absolute Gasteiger partial charge is 0.0674 e. The average Bonchev–Trinajstić information content (AvgIpc) is 2.70. The second-order valence-electron chi connectivity index (χ2n) is 3.60. The van der Waals surface area contributed by atoms with E-state index in [1.165, 1.54) is 11.3 Å². The fraction of sp³-hybridized carbons (Fsp3) is 0.250. The van der Waals surface area contributed by atoms with Crippen LogP contribution in [0.3, 0.4) is 0 Å². The van der Waals surface area contributed by atoms with Crippen LogP contribution in [0.15, 0.2) is 41.0 Å². The summed E-state index contributed by atoms with van der Waals surface area (Å²) in [7, 11) is 1.94. The molecule has 0 bridgehead atoms. The molecule has 0 aliphatic heterocycles. The van der Waals surface area contributed by atoms with Gasteiger partial charge in [-0.05, 0) is 24.7 Å². The van der Waals surface area contributed by atoms with Gasteiger partial charge in [0.2, 0.25) is 0 Å². The summed E-state index contributed by atoms with van der Waals surface area (Å²) in [6.07, 6.45) is 1.84. The van der Waals surface area contributed by atoms with Crippen LogP contribution in [-0.4, -0.2) is 16.8 Å². The summed E-state index contributed by atoms with van der Waals surface area (Å²) >= 11 is 3.55. The summed E-state index contributed by atoms with van der Waals surface area (Å²) in [5.41, 5.74) is 2.43. The van der Waals surface area contributed by atoms with Crippen molar-refractivity contribution in [3.8, 4) is 0 Å². The quantitative estimate of drug-likeness (QED) is 0.932. The Morgan fingerprint density at radius 1 is 1.31 bits per heavy atom. The van der Waals surface area contributed by atoms with Crippen molar-refractivity contribution in [2.45, 2.75) is 13.1 Å². The monoisotopic (exact) mass is 279 g/mol. The first kappa shape index (κ1) is 11.4. The van der Waals surface area contributed by atoms with E-state index in [1.807, 2.05) is 36.1 Å². The molecule has 0 fully saturated rings. The number of nitrogens with zero attached hydrogens (tertiary/aromatic N) is 2. The van der Waals surface area contributed by atoms with Crippen molar-refractivity contribution in [1.82, 2.24) is 15.1 Å². The molecule has 1 aromatic heterocycles. The lowest BCUT2D eigenvalue weighted by Crippen LogP contribution is -2.13. The maximum Gasteiger partial charge on any atom is 0.0674 e. The zero-order chi connectivity index (χ0) is 11.4. The fourth-order valence-corrected chi connectivity index (χ4v) is 2.03. The van der Waals surface area contributed by atoms with Crippen LogP contribution in [0.25, 0.3) is 0 Å². The fourth-order valence-electron chi connectivity index (χ4n) is 1.62. The van der Waals surface area contributed by atoms with Crippen LogP contribution in [0, 0.1) is 0 Å². The molecule has 0 aliphatic carbocycles. The van der Waals surface area contributed by atoms with Gasteiger partial charge >= 0.3 is 0 Å². The number of hydrogen-bond acceptors (Lipinski definition) is 2. The minimum absolute atomic E-state index is 0.797. The van der Waals surface area contributed by atoms with E-state index in [4.69, 9.17) is 0 Å². The van der Waals surface area contributed by atoms with Gasteiger partial charge in [-0.2, -0.15) is 5.10 Å². The van der Waals surface area contributed by atoms with E-state index in [1.54, 1.807) is 0 Å². The molecule has 0 aliphatic rings. The van der Waals surface area contributed by atoms with Gasteiger partial charge in [0, 0.05) is 17.2 Å². The molecule has 0 radical (unpaired) electrons. The first-order valence-electron chi connectivity index (χ1n) is 5.20. The molecule has 3 nitrogen and oxygen atoms in total. The van der Waals surface area contributed by atoms with Gasteiger partial charge in [-0.25, -0.2) is 0 Å². The topological polar surface area (TPSA) is 29.9 Å². The highest BCUT2D eigenvalue weighted by molar-refractivity contribution is 9.10. The predicted octanol–water partition coefficient (Wildman–Crippen LogP) is 2.41. The van der Waals surface area contributed by atoms with Crippen LogP contribution in [0.1, 0.15) is 11.3 Å². The zero-order valence-corrected chi connectivity index (χ0v) is 10.7. The first-order valence-corrected chi connectivity index (χ1v) is 5.99. The summed E-state index contributed by atoms with van der Waals surface area (Å²) in [4.78, 5) is 0. The Morgan fingerprint density at radius 2 is 2.12 bits per heavy atom. The van der Waals surface area contributed by atoms with Gasteiger partial charge in [0.25, 0.3) is 0 Å². The number of nitrogens with one attached hydrogen (secondary N) is 1. The molecule has 0 atom stereocenters. The SMILES string of the molecule is CNCc1ccnn1Cc1ccccc1Br. The van der Waals surface area contributed by atoms with Crippen LogP contribution in [0.4, 0.5) is 0 Å². The van der Waals surface area contributed by atoms with Crippen LogP contribution in [0.5, 0.6) is 0 Å². The number of halogens is 1. The maximum atomic E-state index is 4.33. The Morgan fingerprint density at radius 3 is 2.88 bits per heavy atom. The van der Waals surface area contributed by atoms with Gasteiger partial charge in [0.1, 0.15) is 0 Å². The van der Waals surface area contributed by atoms with Crippen LogP contribution >= 0.6 is 15.9 Å². The summed E-state index contributed by atoms with van der Waals surface area (Å²) < 4.78 is 3.14. The third-order valence-electron chi connectivity index (χ3n) is 2.44. The summed E-state index contributed by atoms with van der Waals surface area (Å²) in [6, 6.07) is 10.3. The number of benzene rings is 1. The Kier molecular flexibility index (Phi) is 3.74. The van der Waals surface area contributed by atoms with E-state index in [9.17, 15) is 0 Å².